The van der Waals surface area contributed by atoms with Crippen LogP contribution in [0.15, 0.2) is 47.9 Å². The van der Waals surface area contributed by atoms with Crippen LogP contribution in [-0.2, 0) is 4.79 Å². The third kappa shape index (κ3) is 5.89. The van der Waals surface area contributed by atoms with Crippen LogP contribution in [0.5, 0.6) is 0 Å². The zero-order chi connectivity index (χ0) is 13.2. The summed E-state index contributed by atoms with van der Waals surface area (Å²) in [5, 5.41) is 5.96. The van der Waals surface area contributed by atoms with Crippen LogP contribution in [0.2, 0.25) is 0 Å². The molecule has 0 spiro atoms. The number of nitrogens with one attached hydrogen (secondary N) is 2. The third-order valence-corrected chi connectivity index (χ3v) is 3.39. The lowest BCUT2D eigenvalue weighted by Gasteiger charge is -2.12. The van der Waals surface area contributed by atoms with Crippen molar-refractivity contribution in [2.45, 2.75) is 17.9 Å². The first-order chi connectivity index (χ1) is 8.74. The molecule has 1 amide bonds. The van der Waals surface area contributed by atoms with E-state index < -0.39 is 0 Å². The van der Waals surface area contributed by atoms with Crippen molar-refractivity contribution in [2.24, 2.45) is 0 Å². The lowest BCUT2D eigenvalue weighted by atomic mass is 10.3. The van der Waals surface area contributed by atoms with E-state index in [0.29, 0.717) is 6.54 Å². The van der Waals surface area contributed by atoms with Crippen molar-refractivity contribution >= 4 is 17.7 Å². The van der Waals surface area contributed by atoms with Gasteiger partial charge in [-0.15, -0.1) is 18.3 Å². The number of thioether (sulfide) groups is 1. The molecule has 18 heavy (non-hydrogen) atoms. The van der Waals surface area contributed by atoms with Crippen LogP contribution in [0.4, 0.5) is 0 Å². The van der Waals surface area contributed by atoms with Crippen molar-refractivity contribution in [1.29, 1.82) is 0 Å². The Bertz CT molecular complexity index is 367. The number of hydrogen-bond donors (Lipinski definition) is 2. The molecule has 1 rings (SSSR count). The van der Waals surface area contributed by atoms with Gasteiger partial charge in [-0.3, -0.25) is 4.79 Å². The molecule has 1 aromatic carbocycles. The predicted molar refractivity (Wildman–Crippen MR) is 77.8 cm³/mol. The fourth-order valence-corrected chi connectivity index (χ4v) is 2.18. The summed E-state index contributed by atoms with van der Waals surface area (Å²) in [5.41, 5.74) is 0. The highest BCUT2D eigenvalue weighted by Crippen LogP contribution is 2.15. The van der Waals surface area contributed by atoms with Gasteiger partial charge in [-0.05, 0) is 19.1 Å². The molecular weight excluding hydrogens is 244 g/mol. The van der Waals surface area contributed by atoms with Gasteiger partial charge in [-0.1, -0.05) is 24.3 Å². The summed E-state index contributed by atoms with van der Waals surface area (Å²) >= 11 is 1.78. The Labute approximate surface area is 113 Å². The Balaban J connectivity index is 2.14. The molecule has 0 heterocycles. The van der Waals surface area contributed by atoms with E-state index in [1.165, 1.54) is 4.90 Å². The van der Waals surface area contributed by atoms with E-state index >= 15 is 0 Å². The summed E-state index contributed by atoms with van der Waals surface area (Å²) in [6.07, 6.45) is 1.68. The predicted octanol–water partition coefficient (Wildman–Crippen LogP) is 2.06. The molecule has 1 aromatic rings. The molecule has 0 aromatic heterocycles. The highest BCUT2D eigenvalue weighted by atomic mass is 32.2. The van der Waals surface area contributed by atoms with Crippen molar-refractivity contribution < 1.29 is 4.79 Å². The maximum absolute atomic E-state index is 11.5. The topological polar surface area (TPSA) is 41.1 Å². The van der Waals surface area contributed by atoms with Crippen LogP contribution in [0, 0.1) is 0 Å². The minimum absolute atomic E-state index is 0.0135. The average molecular weight is 264 g/mol. The molecule has 0 fully saturated rings. The van der Waals surface area contributed by atoms with Gasteiger partial charge in [-0.2, -0.15) is 0 Å². The minimum Gasteiger partial charge on any atom is -0.351 e. The van der Waals surface area contributed by atoms with Crippen LogP contribution >= 0.6 is 11.8 Å². The molecule has 1 atom stereocenters. The van der Waals surface area contributed by atoms with Gasteiger partial charge in [-0.25, -0.2) is 0 Å². The fourth-order valence-electron chi connectivity index (χ4n) is 1.38. The Morgan fingerprint density at radius 1 is 1.44 bits per heavy atom. The maximum atomic E-state index is 11.5. The number of rotatable bonds is 8. The molecule has 0 aliphatic heterocycles. The molecule has 1 unspecified atom stereocenters. The van der Waals surface area contributed by atoms with Gasteiger partial charge in [0.25, 0.3) is 0 Å². The first-order valence-electron chi connectivity index (χ1n) is 6.04. The van der Waals surface area contributed by atoms with Gasteiger partial charge in [0.1, 0.15) is 0 Å². The number of carbonyl (C=O) groups is 1. The van der Waals surface area contributed by atoms with Gasteiger partial charge in [0.2, 0.25) is 5.91 Å². The number of amides is 1. The molecule has 0 bridgehead atoms. The van der Waals surface area contributed by atoms with Crippen molar-refractivity contribution in [2.75, 3.05) is 18.8 Å². The highest BCUT2D eigenvalue weighted by Gasteiger charge is 2.09. The average Bonchev–Trinajstić information content (AvgIpc) is 2.41. The van der Waals surface area contributed by atoms with Crippen LogP contribution in [0.25, 0.3) is 0 Å². The van der Waals surface area contributed by atoms with Crippen molar-refractivity contribution in [3.8, 4) is 0 Å². The van der Waals surface area contributed by atoms with E-state index in [1.807, 2.05) is 25.1 Å². The second kappa shape index (κ2) is 8.78. The Morgan fingerprint density at radius 3 is 2.83 bits per heavy atom. The normalized spacial score (nSPS) is 11.8. The maximum Gasteiger partial charge on any atom is 0.237 e. The van der Waals surface area contributed by atoms with Crippen molar-refractivity contribution in [3.05, 3.63) is 43.0 Å². The fraction of sp³-hybridized carbons (Fsp3) is 0.357. The molecule has 0 aliphatic carbocycles. The number of benzene rings is 1. The van der Waals surface area contributed by atoms with Gasteiger partial charge < -0.3 is 10.6 Å². The SMILES string of the molecule is C=CCNC(=O)C(C)NCCSc1ccccc1. The van der Waals surface area contributed by atoms with Gasteiger partial charge >= 0.3 is 0 Å². The summed E-state index contributed by atoms with van der Waals surface area (Å²) in [7, 11) is 0. The van der Waals surface area contributed by atoms with Crippen LogP contribution in [0.3, 0.4) is 0 Å². The quantitative estimate of drug-likeness (QED) is 0.429. The van der Waals surface area contributed by atoms with E-state index in [4.69, 9.17) is 0 Å². The number of carbonyl (C=O) groups excluding carboxylic acids is 1. The molecule has 4 heteroatoms. The lowest BCUT2D eigenvalue weighted by molar-refractivity contribution is -0.122. The zero-order valence-electron chi connectivity index (χ0n) is 10.7. The lowest BCUT2D eigenvalue weighted by Crippen LogP contribution is -2.42. The van der Waals surface area contributed by atoms with E-state index in [-0.39, 0.29) is 11.9 Å². The van der Waals surface area contributed by atoms with E-state index in [9.17, 15) is 4.79 Å². The smallest absolute Gasteiger partial charge is 0.237 e. The van der Waals surface area contributed by atoms with E-state index in [0.717, 1.165) is 12.3 Å². The second-order valence-corrected chi connectivity index (χ2v) is 5.04. The molecule has 2 N–H and O–H groups in total. The number of hydrogen-bond acceptors (Lipinski definition) is 3. The Hall–Kier alpha value is -1.26. The third-order valence-electron chi connectivity index (χ3n) is 2.38. The van der Waals surface area contributed by atoms with Crippen LogP contribution in [0.1, 0.15) is 6.92 Å². The summed E-state index contributed by atoms with van der Waals surface area (Å²) in [5.74, 6) is 0.961. The van der Waals surface area contributed by atoms with Gasteiger partial charge in [0, 0.05) is 23.7 Å². The van der Waals surface area contributed by atoms with Crippen LogP contribution < -0.4 is 10.6 Å². The largest absolute Gasteiger partial charge is 0.351 e. The molecule has 0 saturated carbocycles. The van der Waals surface area contributed by atoms with Gasteiger partial charge in [0.15, 0.2) is 0 Å². The van der Waals surface area contributed by atoms with E-state index in [1.54, 1.807) is 17.8 Å². The minimum atomic E-state index is -0.165. The summed E-state index contributed by atoms with van der Waals surface area (Å²) in [4.78, 5) is 12.8. The Kier molecular flexibility index (Phi) is 7.22. The molecule has 0 radical (unpaired) electrons. The summed E-state index contributed by atoms with van der Waals surface area (Å²) in [6, 6.07) is 10.1. The van der Waals surface area contributed by atoms with Crippen molar-refractivity contribution in [3.63, 3.8) is 0 Å². The molecule has 0 saturated heterocycles. The molecule has 0 aliphatic rings. The monoisotopic (exact) mass is 264 g/mol. The molecule has 98 valence electrons. The molecular formula is C14H20N2OS. The van der Waals surface area contributed by atoms with E-state index in [2.05, 4.69) is 29.3 Å². The molecule has 3 nitrogen and oxygen atoms in total. The highest BCUT2D eigenvalue weighted by molar-refractivity contribution is 7.99. The first-order valence-corrected chi connectivity index (χ1v) is 7.02. The van der Waals surface area contributed by atoms with Crippen molar-refractivity contribution in [1.82, 2.24) is 10.6 Å². The second-order valence-electron chi connectivity index (χ2n) is 3.87. The zero-order valence-corrected chi connectivity index (χ0v) is 11.5. The first kappa shape index (κ1) is 14.8. The Morgan fingerprint density at radius 2 is 2.17 bits per heavy atom. The summed E-state index contributed by atoms with van der Waals surface area (Å²) in [6.45, 7) is 6.75. The van der Waals surface area contributed by atoms with Gasteiger partial charge in [0.05, 0.1) is 6.04 Å². The van der Waals surface area contributed by atoms with Crippen LogP contribution in [-0.4, -0.2) is 30.8 Å². The standard InChI is InChI=1S/C14H20N2OS/c1-3-9-16-14(17)12(2)15-10-11-18-13-7-5-4-6-8-13/h3-8,12,15H,1,9-11H2,2H3,(H,16,17). The summed E-state index contributed by atoms with van der Waals surface area (Å²) < 4.78 is 0.